The summed E-state index contributed by atoms with van der Waals surface area (Å²) in [6.45, 7) is 1.33. The molecule has 0 aromatic rings. The average molecular weight is 516 g/mol. The van der Waals surface area contributed by atoms with E-state index in [9.17, 15) is 55.5 Å². The molecule has 3 rings (SSSR count). The summed E-state index contributed by atoms with van der Waals surface area (Å²) >= 11 is 0. The summed E-state index contributed by atoms with van der Waals surface area (Å²) in [7, 11) is 0. The third kappa shape index (κ3) is 5.42. The first kappa shape index (κ1) is 28.0. The fraction of sp³-hybridized carbons (Fsp3) is 0.889. The lowest BCUT2D eigenvalue weighted by atomic mass is 9.96. The van der Waals surface area contributed by atoms with E-state index < -0.39 is 104 Å². The second kappa shape index (κ2) is 10.8. The van der Waals surface area contributed by atoms with Gasteiger partial charge in [-0.05, 0) is 6.92 Å². The van der Waals surface area contributed by atoms with Gasteiger partial charge in [-0.15, -0.1) is 0 Å². The second-order valence-electron chi connectivity index (χ2n) is 8.39. The van der Waals surface area contributed by atoms with Crippen LogP contribution in [0.25, 0.3) is 0 Å². The van der Waals surface area contributed by atoms with E-state index >= 15 is 0 Å². The molecule has 0 amide bonds. The van der Waals surface area contributed by atoms with E-state index in [1.54, 1.807) is 0 Å². The van der Waals surface area contributed by atoms with E-state index in [-0.39, 0.29) is 0 Å². The van der Waals surface area contributed by atoms with Crippen molar-refractivity contribution in [1.82, 2.24) is 0 Å². The summed E-state index contributed by atoms with van der Waals surface area (Å²) in [5.74, 6) is -3.50. The van der Waals surface area contributed by atoms with Gasteiger partial charge < -0.3 is 74.7 Å². The maximum absolute atomic E-state index is 11.5. The molecule has 3 fully saturated rings. The summed E-state index contributed by atoms with van der Waals surface area (Å²) in [5.41, 5.74) is 0. The van der Waals surface area contributed by atoms with Crippen LogP contribution in [-0.2, 0) is 33.3 Å². The van der Waals surface area contributed by atoms with Crippen LogP contribution in [0.4, 0.5) is 0 Å². The fourth-order valence-electron chi connectivity index (χ4n) is 3.94. The minimum atomic E-state index is -2.17. The van der Waals surface area contributed by atoms with Crippen molar-refractivity contribution in [2.24, 2.45) is 0 Å². The van der Waals surface area contributed by atoms with Gasteiger partial charge in [-0.3, -0.25) is 0 Å². The fourth-order valence-corrected chi connectivity index (χ4v) is 3.94. The molecule has 0 aromatic heterocycles. The van der Waals surface area contributed by atoms with Crippen LogP contribution in [0.5, 0.6) is 0 Å². The van der Waals surface area contributed by atoms with E-state index in [0.29, 0.717) is 0 Å². The molecule has 0 saturated carbocycles. The van der Waals surface area contributed by atoms with E-state index in [0.717, 1.165) is 0 Å². The van der Waals surface area contributed by atoms with Gasteiger partial charge in [0.25, 0.3) is 0 Å². The minimum Gasteiger partial charge on any atom is -0.479 e. The van der Waals surface area contributed by atoms with Gasteiger partial charge in [0, 0.05) is 0 Å². The minimum absolute atomic E-state index is 1.04. The van der Waals surface area contributed by atoms with Crippen LogP contribution in [-0.4, -0.2) is 155 Å². The van der Waals surface area contributed by atoms with Gasteiger partial charge in [0.1, 0.15) is 54.9 Å². The van der Waals surface area contributed by atoms with Crippen molar-refractivity contribution in [2.75, 3.05) is 0 Å². The Balaban J connectivity index is 1.87. The average Bonchev–Trinajstić information content (AvgIpc) is 2.78. The maximum atomic E-state index is 11.5. The third-order valence-corrected chi connectivity index (χ3v) is 5.99. The molecule has 17 nitrogen and oxygen atoms in total. The van der Waals surface area contributed by atoms with Crippen LogP contribution in [0.2, 0.25) is 0 Å². The van der Waals surface area contributed by atoms with E-state index in [2.05, 4.69) is 0 Å². The Morgan fingerprint density at radius 2 is 1.03 bits per heavy atom. The molecule has 0 unspecified atom stereocenters. The van der Waals surface area contributed by atoms with Crippen molar-refractivity contribution in [1.29, 1.82) is 0 Å². The summed E-state index contributed by atoms with van der Waals surface area (Å²) in [4.78, 5) is 22.8. The maximum Gasteiger partial charge on any atom is 0.335 e. The molecule has 0 radical (unpaired) electrons. The number of aliphatic hydroxyl groups is 8. The zero-order valence-corrected chi connectivity index (χ0v) is 18.0. The van der Waals surface area contributed by atoms with Crippen LogP contribution < -0.4 is 0 Å². The predicted molar refractivity (Wildman–Crippen MR) is 101 cm³/mol. The van der Waals surface area contributed by atoms with E-state index in [4.69, 9.17) is 28.8 Å². The number of carbonyl (C=O) groups is 2. The molecule has 3 saturated heterocycles. The first-order valence-electron chi connectivity index (χ1n) is 10.4. The van der Waals surface area contributed by atoms with Crippen LogP contribution in [0, 0.1) is 0 Å². The molecule has 202 valence electrons. The van der Waals surface area contributed by atoms with Gasteiger partial charge in [-0.2, -0.15) is 0 Å². The number of hydrogen-bond acceptors (Lipinski definition) is 15. The van der Waals surface area contributed by atoms with Crippen molar-refractivity contribution in [3.8, 4) is 0 Å². The first-order valence-corrected chi connectivity index (χ1v) is 10.4. The van der Waals surface area contributed by atoms with Crippen molar-refractivity contribution in [2.45, 2.75) is 99.0 Å². The molecular weight excluding hydrogens is 488 g/mol. The number of rotatable bonds is 6. The van der Waals surface area contributed by atoms with Crippen LogP contribution >= 0.6 is 0 Å². The van der Waals surface area contributed by atoms with Crippen LogP contribution in [0.1, 0.15) is 6.92 Å². The van der Waals surface area contributed by atoms with Gasteiger partial charge in [0.05, 0.1) is 6.10 Å². The molecule has 0 aliphatic carbocycles. The molecule has 15 atom stereocenters. The highest BCUT2D eigenvalue weighted by Gasteiger charge is 2.55. The summed E-state index contributed by atoms with van der Waals surface area (Å²) in [6, 6.07) is 0. The lowest BCUT2D eigenvalue weighted by Crippen LogP contribution is -2.67. The van der Waals surface area contributed by atoms with Gasteiger partial charge in [-0.1, -0.05) is 0 Å². The molecule has 3 aliphatic heterocycles. The van der Waals surface area contributed by atoms with Crippen molar-refractivity contribution in [3.05, 3.63) is 0 Å². The Morgan fingerprint density at radius 1 is 0.571 bits per heavy atom. The van der Waals surface area contributed by atoms with Crippen molar-refractivity contribution >= 4 is 11.9 Å². The quantitative estimate of drug-likeness (QED) is 0.157. The largest absolute Gasteiger partial charge is 0.479 e. The molecule has 10 N–H and O–H groups in total. The lowest BCUT2D eigenvalue weighted by molar-refractivity contribution is -0.384. The van der Waals surface area contributed by atoms with Crippen molar-refractivity contribution in [3.63, 3.8) is 0 Å². The highest BCUT2D eigenvalue weighted by atomic mass is 16.8. The lowest BCUT2D eigenvalue weighted by Gasteiger charge is -2.47. The SMILES string of the molecule is C[C@@H]1O[C@@H](O)[C@H](O[C@@H]2O[C@H](C(=O)O)[C@@H](O)[C@H](O)[C@H]2O[C@@H]2O[C@H](C(=O)O)[C@@H](O)[C@H](O)[C@H]2O)[C@H](O)[C@H]1O. The standard InChI is InChI=1S/C18H28O17/c1-2-3(19)5(21)12(16(30)31-2)34-18-13(8(24)7(23)11(33-18)15(28)29)35-17-9(25)4(20)6(22)10(32-17)14(26)27/h2-13,16-25,30H,1H3,(H,26,27)(H,28,29)/t2-,3-,4-,5+,6-,7-,8-,9+,10-,11-,12+,13+,16+,17-,18-/m0/s1. The topological polar surface area (TPSA) is 283 Å². The summed E-state index contributed by atoms with van der Waals surface area (Å²) in [6.07, 6.45) is -29.0. The third-order valence-electron chi connectivity index (χ3n) is 5.99. The molecule has 17 heteroatoms. The highest BCUT2D eigenvalue weighted by molar-refractivity contribution is 5.73. The molecular formula is C18H28O17. The zero-order chi connectivity index (χ0) is 26.4. The molecule has 0 spiro atoms. The van der Waals surface area contributed by atoms with Gasteiger partial charge in [-0.25, -0.2) is 9.59 Å². The molecule has 0 aromatic carbocycles. The predicted octanol–water partition coefficient (Wildman–Crippen LogP) is -6.36. The Morgan fingerprint density at radius 3 is 1.57 bits per heavy atom. The van der Waals surface area contributed by atoms with Gasteiger partial charge in [0.15, 0.2) is 31.1 Å². The smallest absolute Gasteiger partial charge is 0.335 e. The number of carboxylic acids is 2. The number of aliphatic hydroxyl groups excluding tert-OH is 8. The zero-order valence-electron chi connectivity index (χ0n) is 18.0. The van der Waals surface area contributed by atoms with E-state index in [1.165, 1.54) is 6.92 Å². The molecule has 35 heavy (non-hydrogen) atoms. The Labute approximate surface area is 196 Å². The van der Waals surface area contributed by atoms with E-state index in [1.807, 2.05) is 0 Å². The van der Waals surface area contributed by atoms with Gasteiger partial charge >= 0.3 is 11.9 Å². The van der Waals surface area contributed by atoms with Gasteiger partial charge in [0.2, 0.25) is 0 Å². The van der Waals surface area contributed by atoms with Crippen LogP contribution in [0.3, 0.4) is 0 Å². The van der Waals surface area contributed by atoms with Crippen LogP contribution in [0.15, 0.2) is 0 Å². The van der Waals surface area contributed by atoms with Crippen molar-refractivity contribution < 1.29 is 84.3 Å². The first-order chi connectivity index (χ1) is 16.3. The number of aliphatic carboxylic acids is 2. The Kier molecular flexibility index (Phi) is 8.65. The normalized spacial score (nSPS) is 51.1. The monoisotopic (exact) mass is 516 g/mol. The molecule has 3 aliphatic rings. The summed E-state index contributed by atoms with van der Waals surface area (Å²) < 4.78 is 25.7. The molecule has 0 bridgehead atoms. The second-order valence-corrected chi connectivity index (χ2v) is 8.39. The Hall–Kier alpha value is -1.58. The number of ether oxygens (including phenoxy) is 5. The Bertz CT molecular complexity index is 765. The summed E-state index contributed by atoms with van der Waals surface area (Å²) in [5, 5.41) is 99.5. The number of hydrogen-bond donors (Lipinski definition) is 10. The number of carboxylic acid groups (broad SMARTS) is 2. The molecule has 3 heterocycles. The highest BCUT2D eigenvalue weighted by Crippen LogP contribution is 2.32.